The molecule has 64 valence electrons. The van der Waals surface area contributed by atoms with E-state index < -0.39 is 4.92 Å². The lowest BCUT2D eigenvalue weighted by Gasteiger charge is -1.88. The first-order chi connectivity index (χ1) is 5.52. The first-order valence-electron chi connectivity index (χ1n) is 3.06. The number of ketones is 1. The minimum atomic E-state index is -0.587. The molecule has 0 radical (unpaired) electrons. The fourth-order valence-electron chi connectivity index (χ4n) is 0.741. The Morgan fingerprint density at radius 2 is 2.33 bits per heavy atom. The number of nitro groups is 1. The molecule has 0 saturated heterocycles. The first kappa shape index (κ1) is 8.92. The molecule has 1 aromatic heterocycles. The molecule has 0 fully saturated rings. The van der Waals surface area contributed by atoms with Gasteiger partial charge < -0.3 is 10.1 Å². The molecule has 0 aliphatic rings. The van der Waals surface area contributed by atoms with E-state index in [9.17, 15) is 14.9 Å². The second-order valence-electron chi connectivity index (χ2n) is 2.19. The average Bonchev–Trinajstić information content (AvgIpc) is 2.30. The summed E-state index contributed by atoms with van der Waals surface area (Å²) in [7, 11) is 0. The molecule has 0 spiro atoms. The van der Waals surface area contributed by atoms with Gasteiger partial charge in [-0.05, 0) is 20.9 Å². The van der Waals surface area contributed by atoms with Crippen molar-refractivity contribution in [2.45, 2.75) is 6.92 Å². The van der Waals surface area contributed by atoms with E-state index in [0.29, 0.717) is 0 Å². The minimum Gasteiger partial charge on any atom is -0.358 e. The lowest BCUT2D eigenvalue weighted by Crippen LogP contribution is -1.93. The Kier molecular flexibility index (Phi) is 2.27. The summed E-state index contributed by atoms with van der Waals surface area (Å²) in [6.45, 7) is 1.34. The van der Waals surface area contributed by atoms with Gasteiger partial charge in [0.1, 0.15) is 4.47 Å². The van der Waals surface area contributed by atoms with Gasteiger partial charge in [-0.3, -0.25) is 4.79 Å². The molecule has 1 rings (SSSR count). The van der Waals surface area contributed by atoms with Crippen LogP contribution in [-0.2, 0) is 0 Å². The van der Waals surface area contributed by atoms with Gasteiger partial charge in [0.05, 0.1) is 0 Å². The third-order valence-electron chi connectivity index (χ3n) is 1.31. The molecule has 0 unspecified atom stereocenters. The Morgan fingerprint density at radius 3 is 2.58 bits per heavy atom. The zero-order valence-electron chi connectivity index (χ0n) is 6.13. The van der Waals surface area contributed by atoms with Gasteiger partial charge in [-0.25, -0.2) is 4.98 Å². The maximum absolute atomic E-state index is 10.8. The summed E-state index contributed by atoms with van der Waals surface area (Å²) in [6, 6.07) is 1.39. The number of H-pyrrole nitrogens is 1. The maximum Gasteiger partial charge on any atom is 0.335 e. The monoisotopic (exact) mass is 232 g/mol. The number of Topliss-reactive ketones (excluding diaryl/α,β-unsaturated/α-hetero) is 1. The summed E-state index contributed by atoms with van der Waals surface area (Å²) in [5, 5.41) is 10.3. The van der Waals surface area contributed by atoms with Gasteiger partial charge in [0, 0.05) is 13.0 Å². The molecule has 6 heteroatoms. The molecule has 0 amide bonds. The smallest absolute Gasteiger partial charge is 0.335 e. The Bertz CT molecular complexity index is 345. The number of carbonyl (C=O) groups is 1. The van der Waals surface area contributed by atoms with Crippen LogP contribution in [-0.4, -0.2) is 15.7 Å². The van der Waals surface area contributed by atoms with E-state index >= 15 is 0 Å². The first-order valence-corrected chi connectivity index (χ1v) is 3.85. The molecule has 1 aromatic rings. The van der Waals surface area contributed by atoms with Crippen LogP contribution in [0.2, 0.25) is 0 Å². The van der Waals surface area contributed by atoms with Crippen LogP contribution in [0.4, 0.5) is 5.82 Å². The van der Waals surface area contributed by atoms with Crippen molar-refractivity contribution in [3.8, 4) is 0 Å². The number of nitrogens with one attached hydrogen (secondary N) is 1. The number of nitrogens with zero attached hydrogens (tertiary/aromatic N) is 1. The highest BCUT2D eigenvalue weighted by Gasteiger charge is 2.17. The highest BCUT2D eigenvalue weighted by Crippen LogP contribution is 2.24. The largest absolute Gasteiger partial charge is 0.358 e. The van der Waals surface area contributed by atoms with Gasteiger partial charge in [-0.15, -0.1) is 0 Å². The Hall–Kier alpha value is -1.17. The van der Waals surface area contributed by atoms with E-state index in [0.717, 1.165) is 0 Å². The molecule has 12 heavy (non-hydrogen) atoms. The van der Waals surface area contributed by atoms with Gasteiger partial charge in [0.25, 0.3) is 0 Å². The number of carbonyl (C=O) groups excluding carboxylic acids is 1. The predicted octanol–water partition coefficient (Wildman–Crippen LogP) is 1.89. The SMILES string of the molecule is CC(=O)c1cc(Br)c([N+](=O)[O-])[nH]1. The summed E-state index contributed by atoms with van der Waals surface area (Å²) in [5.74, 6) is -0.427. The Labute approximate surface area is 76.1 Å². The number of halogens is 1. The van der Waals surface area contributed by atoms with Gasteiger partial charge in [0.15, 0.2) is 11.5 Å². The van der Waals surface area contributed by atoms with E-state index in [2.05, 4.69) is 20.9 Å². The summed E-state index contributed by atoms with van der Waals surface area (Å²) < 4.78 is 0.290. The van der Waals surface area contributed by atoms with Crippen LogP contribution in [0.3, 0.4) is 0 Å². The minimum absolute atomic E-state index is 0.194. The number of aromatic amines is 1. The van der Waals surface area contributed by atoms with E-state index in [1.165, 1.54) is 13.0 Å². The third-order valence-corrected chi connectivity index (χ3v) is 1.92. The number of aromatic nitrogens is 1. The highest BCUT2D eigenvalue weighted by molar-refractivity contribution is 9.10. The number of hydrogen-bond donors (Lipinski definition) is 1. The van der Waals surface area contributed by atoms with Gasteiger partial charge >= 0.3 is 5.82 Å². The zero-order valence-corrected chi connectivity index (χ0v) is 7.71. The van der Waals surface area contributed by atoms with Gasteiger partial charge in [-0.1, -0.05) is 0 Å². The van der Waals surface area contributed by atoms with Crippen LogP contribution in [0.15, 0.2) is 10.5 Å². The second kappa shape index (κ2) is 3.06. The molecule has 1 N–H and O–H groups in total. The molecule has 5 nitrogen and oxygen atoms in total. The normalized spacial score (nSPS) is 9.83. The lowest BCUT2D eigenvalue weighted by molar-refractivity contribution is -0.390. The molecule has 0 aromatic carbocycles. The average molecular weight is 233 g/mol. The fraction of sp³-hybridized carbons (Fsp3) is 0.167. The van der Waals surface area contributed by atoms with Crippen molar-refractivity contribution in [1.29, 1.82) is 0 Å². The molecule has 0 atom stereocenters. The van der Waals surface area contributed by atoms with Crippen molar-refractivity contribution in [2.75, 3.05) is 0 Å². The fourth-order valence-corrected chi connectivity index (χ4v) is 1.21. The molecule has 0 saturated carbocycles. The zero-order chi connectivity index (χ0) is 9.30. The molecule has 0 aliphatic heterocycles. The van der Waals surface area contributed by atoms with Crippen LogP contribution in [0.5, 0.6) is 0 Å². The summed E-state index contributed by atoms with van der Waals surface area (Å²) in [6.07, 6.45) is 0. The molecular weight excluding hydrogens is 228 g/mol. The number of hydrogen-bond acceptors (Lipinski definition) is 3. The highest BCUT2D eigenvalue weighted by atomic mass is 79.9. The van der Waals surface area contributed by atoms with Crippen molar-refractivity contribution >= 4 is 27.5 Å². The summed E-state index contributed by atoms with van der Waals surface area (Å²) in [5.41, 5.74) is 0.230. The maximum atomic E-state index is 10.8. The lowest BCUT2D eigenvalue weighted by atomic mass is 10.3. The van der Waals surface area contributed by atoms with E-state index in [1.54, 1.807) is 0 Å². The van der Waals surface area contributed by atoms with Gasteiger partial charge in [-0.2, -0.15) is 0 Å². The van der Waals surface area contributed by atoms with Crippen LogP contribution in [0, 0.1) is 10.1 Å². The number of rotatable bonds is 2. The van der Waals surface area contributed by atoms with Crippen molar-refractivity contribution in [3.05, 3.63) is 26.3 Å². The van der Waals surface area contributed by atoms with Crippen molar-refractivity contribution in [1.82, 2.24) is 4.98 Å². The van der Waals surface area contributed by atoms with Crippen molar-refractivity contribution in [3.63, 3.8) is 0 Å². The Balaban J connectivity index is 3.17. The van der Waals surface area contributed by atoms with Crippen LogP contribution >= 0.6 is 15.9 Å². The quantitative estimate of drug-likeness (QED) is 0.481. The molecule has 1 heterocycles. The van der Waals surface area contributed by atoms with Crippen molar-refractivity contribution < 1.29 is 9.72 Å². The van der Waals surface area contributed by atoms with E-state index in [4.69, 9.17) is 0 Å². The second-order valence-corrected chi connectivity index (χ2v) is 3.05. The Morgan fingerprint density at radius 1 is 1.75 bits per heavy atom. The molecular formula is C6H5BrN2O3. The topological polar surface area (TPSA) is 76.0 Å². The summed E-state index contributed by atoms with van der Waals surface area (Å²) >= 11 is 2.96. The third kappa shape index (κ3) is 1.53. The van der Waals surface area contributed by atoms with Gasteiger partial charge in [0.2, 0.25) is 0 Å². The standard InChI is InChI=1S/C6H5BrN2O3/c1-3(10)5-2-4(7)6(8-5)9(11)12/h2,8H,1H3. The van der Waals surface area contributed by atoms with E-state index in [-0.39, 0.29) is 21.8 Å². The molecule has 0 aliphatic carbocycles. The van der Waals surface area contributed by atoms with Crippen molar-refractivity contribution in [2.24, 2.45) is 0 Å². The predicted molar refractivity (Wildman–Crippen MR) is 45.2 cm³/mol. The van der Waals surface area contributed by atoms with Crippen LogP contribution < -0.4 is 0 Å². The van der Waals surface area contributed by atoms with Crippen LogP contribution in [0.1, 0.15) is 17.4 Å². The van der Waals surface area contributed by atoms with Crippen LogP contribution in [0.25, 0.3) is 0 Å². The summed E-state index contributed by atoms with van der Waals surface area (Å²) in [4.78, 5) is 22.8. The molecule has 0 bridgehead atoms. The van der Waals surface area contributed by atoms with E-state index in [1.807, 2.05) is 0 Å².